The van der Waals surface area contributed by atoms with E-state index in [9.17, 15) is 0 Å². The van der Waals surface area contributed by atoms with E-state index in [1.54, 1.807) is 0 Å². The maximum absolute atomic E-state index is 3.45. The standard InChI is InChI=1S/C12H19NS/c1-13-12(10-7-8-10)6-2-4-11-5-3-9-14-11/h3,5,9-10,12-13H,2,4,6-8H2,1H3. The molecule has 0 amide bonds. The Morgan fingerprint density at radius 2 is 2.43 bits per heavy atom. The Morgan fingerprint density at radius 3 is 3.00 bits per heavy atom. The first-order valence-electron chi connectivity index (χ1n) is 5.60. The fourth-order valence-corrected chi connectivity index (χ4v) is 2.82. The highest BCUT2D eigenvalue weighted by Crippen LogP contribution is 2.34. The van der Waals surface area contributed by atoms with E-state index in [-0.39, 0.29) is 0 Å². The predicted molar refractivity (Wildman–Crippen MR) is 62.8 cm³/mol. The largest absolute Gasteiger partial charge is 0.317 e. The van der Waals surface area contributed by atoms with Crippen molar-refractivity contribution in [3.63, 3.8) is 0 Å². The van der Waals surface area contributed by atoms with E-state index in [1.807, 2.05) is 11.3 Å². The molecular weight excluding hydrogens is 190 g/mol. The van der Waals surface area contributed by atoms with E-state index in [4.69, 9.17) is 0 Å². The molecule has 0 saturated heterocycles. The second-order valence-electron chi connectivity index (χ2n) is 4.20. The van der Waals surface area contributed by atoms with E-state index in [0.29, 0.717) is 0 Å². The third kappa shape index (κ3) is 2.82. The van der Waals surface area contributed by atoms with Crippen LogP contribution in [0.15, 0.2) is 17.5 Å². The summed E-state index contributed by atoms with van der Waals surface area (Å²) >= 11 is 1.89. The SMILES string of the molecule is CNC(CCCc1cccs1)C1CC1. The Morgan fingerprint density at radius 1 is 1.57 bits per heavy atom. The maximum Gasteiger partial charge on any atom is 0.00924 e. The lowest BCUT2D eigenvalue weighted by atomic mass is 10.1. The molecule has 1 fully saturated rings. The molecule has 0 aliphatic heterocycles. The van der Waals surface area contributed by atoms with Crippen LogP contribution < -0.4 is 5.32 Å². The van der Waals surface area contributed by atoms with Crippen LogP contribution in [0, 0.1) is 5.92 Å². The van der Waals surface area contributed by atoms with E-state index >= 15 is 0 Å². The summed E-state index contributed by atoms with van der Waals surface area (Å²) in [4.78, 5) is 1.54. The highest BCUT2D eigenvalue weighted by molar-refractivity contribution is 7.09. The Kier molecular flexibility index (Phi) is 3.60. The molecule has 0 bridgehead atoms. The number of hydrogen-bond donors (Lipinski definition) is 1. The van der Waals surface area contributed by atoms with Gasteiger partial charge in [-0.2, -0.15) is 0 Å². The molecule has 1 aliphatic rings. The van der Waals surface area contributed by atoms with Crippen LogP contribution in [0.25, 0.3) is 0 Å². The van der Waals surface area contributed by atoms with Gasteiger partial charge in [-0.25, -0.2) is 0 Å². The molecule has 1 aromatic heterocycles. The van der Waals surface area contributed by atoms with E-state index < -0.39 is 0 Å². The first-order valence-corrected chi connectivity index (χ1v) is 6.48. The minimum atomic E-state index is 0.787. The second-order valence-corrected chi connectivity index (χ2v) is 5.24. The normalized spacial score (nSPS) is 18.4. The first kappa shape index (κ1) is 10.2. The highest BCUT2D eigenvalue weighted by Gasteiger charge is 2.29. The number of rotatable bonds is 6. The summed E-state index contributed by atoms with van der Waals surface area (Å²) in [6.07, 6.45) is 6.85. The van der Waals surface area contributed by atoms with Crippen LogP contribution in [0.2, 0.25) is 0 Å². The molecule has 0 aromatic carbocycles. The minimum Gasteiger partial charge on any atom is -0.317 e. The molecule has 1 nitrogen and oxygen atoms in total. The molecular formula is C12H19NS. The predicted octanol–water partition coefficient (Wildman–Crippen LogP) is 3.07. The van der Waals surface area contributed by atoms with Crippen molar-refractivity contribution in [3.8, 4) is 0 Å². The lowest BCUT2D eigenvalue weighted by molar-refractivity contribution is 0.457. The van der Waals surface area contributed by atoms with Gasteiger partial charge < -0.3 is 5.32 Å². The van der Waals surface area contributed by atoms with Crippen LogP contribution >= 0.6 is 11.3 Å². The fraction of sp³-hybridized carbons (Fsp3) is 0.667. The second kappa shape index (κ2) is 4.94. The summed E-state index contributed by atoms with van der Waals surface area (Å²) in [6.45, 7) is 0. The van der Waals surface area contributed by atoms with Crippen molar-refractivity contribution < 1.29 is 0 Å². The summed E-state index contributed by atoms with van der Waals surface area (Å²) in [5.41, 5.74) is 0. The van der Waals surface area contributed by atoms with Crippen LogP contribution in [-0.4, -0.2) is 13.1 Å². The Hall–Kier alpha value is -0.340. The fourth-order valence-electron chi connectivity index (χ4n) is 2.07. The average Bonchev–Trinajstić information content (AvgIpc) is 2.91. The van der Waals surface area contributed by atoms with Gasteiger partial charge in [-0.1, -0.05) is 6.07 Å². The van der Waals surface area contributed by atoms with Crippen LogP contribution in [0.3, 0.4) is 0 Å². The molecule has 1 saturated carbocycles. The van der Waals surface area contributed by atoms with Crippen molar-refractivity contribution in [2.24, 2.45) is 5.92 Å². The lowest BCUT2D eigenvalue weighted by Crippen LogP contribution is -2.27. The quantitative estimate of drug-likeness (QED) is 0.759. The zero-order chi connectivity index (χ0) is 9.80. The van der Waals surface area contributed by atoms with Crippen LogP contribution in [0.1, 0.15) is 30.6 Å². The van der Waals surface area contributed by atoms with E-state index in [1.165, 1.54) is 37.0 Å². The van der Waals surface area contributed by atoms with Gasteiger partial charge in [0.15, 0.2) is 0 Å². The number of thiophene rings is 1. The molecule has 1 atom stereocenters. The van der Waals surface area contributed by atoms with Gasteiger partial charge in [0.2, 0.25) is 0 Å². The van der Waals surface area contributed by atoms with Gasteiger partial charge in [0.1, 0.15) is 0 Å². The minimum absolute atomic E-state index is 0.787. The highest BCUT2D eigenvalue weighted by atomic mass is 32.1. The zero-order valence-corrected chi connectivity index (χ0v) is 9.65. The van der Waals surface area contributed by atoms with Crippen molar-refractivity contribution in [1.82, 2.24) is 5.32 Å². The summed E-state index contributed by atoms with van der Waals surface area (Å²) < 4.78 is 0. The molecule has 78 valence electrons. The Bertz CT molecular complexity index is 251. The maximum atomic E-state index is 3.45. The molecule has 1 unspecified atom stereocenters. The van der Waals surface area contributed by atoms with Crippen molar-refractivity contribution >= 4 is 11.3 Å². The van der Waals surface area contributed by atoms with Crippen molar-refractivity contribution in [3.05, 3.63) is 22.4 Å². The van der Waals surface area contributed by atoms with Crippen LogP contribution in [-0.2, 0) is 6.42 Å². The Balaban J connectivity index is 1.66. The van der Waals surface area contributed by atoms with Gasteiger partial charge >= 0.3 is 0 Å². The van der Waals surface area contributed by atoms with Crippen molar-refractivity contribution in [1.29, 1.82) is 0 Å². The molecule has 0 spiro atoms. The third-order valence-electron chi connectivity index (χ3n) is 3.08. The molecule has 1 aliphatic carbocycles. The number of aryl methyl sites for hydroxylation is 1. The molecule has 14 heavy (non-hydrogen) atoms. The lowest BCUT2D eigenvalue weighted by Gasteiger charge is -2.14. The smallest absolute Gasteiger partial charge is 0.00924 e. The zero-order valence-electron chi connectivity index (χ0n) is 8.83. The topological polar surface area (TPSA) is 12.0 Å². The van der Waals surface area contributed by atoms with E-state index in [2.05, 4.69) is 29.9 Å². The Labute approximate surface area is 90.5 Å². The summed E-state index contributed by atoms with van der Waals surface area (Å²) in [6, 6.07) is 5.18. The molecule has 1 N–H and O–H groups in total. The number of nitrogens with one attached hydrogen (secondary N) is 1. The van der Waals surface area contributed by atoms with Crippen LogP contribution in [0.5, 0.6) is 0 Å². The number of hydrogen-bond acceptors (Lipinski definition) is 2. The average molecular weight is 209 g/mol. The summed E-state index contributed by atoms with van der Waals surface area (Å²) in [7, 11) is 2.11. The van der Waals surface area contributed by atoms with Crippen molar-refractivity contribution in [2.45, 2.75) is 38.1 Å². The first-order chi connectivity index (χ1) is 6.90. The van der Waals surface area contributed by atoms with Gasteiger partial charge in [0, 0.05) is 10.9 Å². The van der Waals surface area contributed by atoms with Crippen LogP contribution in [0.4, 0.5) is 0 Å². The molecule has 2 rings (SSSR count). The van der Waals surface area contributed by atoms with Gasteiger partial charge in [0.25, 0.3) is 0 Å². The molecule has 1 heterocycles. The van der Waals surface area contributed by atoms with Gasteiger partial charge in [0.05, 0.1) is 0 Å². The van der Waals surface area contributed by atoms with Crippen molar-refractivity contribution in [2.75, 3.05) is 7.05 Å². The van der Waals surface area contributed by atoms with Gasteiger partial charge in [-0.05, 0) is 56.5 Å². The van der Waals surface area contributed by atoms with Gasteiger partial charge in [-0.15, -0.1) is 11.3 Å². The van der Waals surface area contributed by atoms with E-state index in [0.717, 1.165) is 12.0 Å². The summed E-state index contributed by atoms with van der Waals surface area (Å²) in [5, 5.41) is 5.62. The molecule has 1 aromatic rings. The van der Waals surface area contributed by atoms with Gasteiger partial charge in [-0.3, -0.25) is 0 Å². The summed E-state index contributed by atoms with van der Waals surface area (Å²) in [5.74, 6) is 0.989. The monoisotopic (exact) mass is 209 g/mol. The molecule has 2 heteroatoms. The third-order valence-corrected chi connectivity index (χ3v) is 4.02. The molecule has 0 radical (unpaired) electrons.